The molecule has 102 valence electrons. The van der Waals surface area contributed by atoms with Crippen LogP contribution in [0.3, 0.4) is 0 Å². The Balaban J connectivity index is 2.74. The van der Waals surface area contributed by atoms with Gasteiger partial charge in [-0.25, -0.2) is 4.79 Å². The summed E-state index contributed by atoms with van der Waals surface area (Å²) < 4.78 is 9.00. The molecule has 0 aliphatic rings. The average Bonchev–Trinajstić information content (AvgIpc) is 2.46. The Morgan fingerprint density at radius 1 is 1.11 bits per heavy atom. The van der Waals surface area contributed by atoms with Crippen LogP contribution >= 0.6 is 0 Å². The van der Waals surface area contributed by atoms with Crippen LogP contribution < -0.4 is 5.32 Å². The van der Waals surface area contributed by atoms with Gasteiger partial charge in [0.2, 0.25) is 0 Å². The summed E-state index contributed by atoms with van der Waals surface area (Å²) in [5.74, 6) is -1.77. The molecule has 0 spiro atoms. The van der Waals surface area contributed by atoms with E-state index in [2.05, 4.69) is 14.8 Å². The van der Waals surface area contributed by atoms with Crippen molar-refractivity contribution in [1.82, 2.24) is 5.32 Å². The third-order valence-corrected chi connectivity index (χ3v) is 2.43. The molecule has 1 amide bonds. The van der Waals surface area contributed by atoms with E-state index in [0.29, 0.717) is 5.56 Å². The zero-order valence-electron chi connectivity index (χ0n) is 10.7. The maximum atomic E-state index is 11.9. The Morgan fingerprint density at radius 2 is 1.74 bits per heavy atom. The van der Waals surface area contributed by atoms with Gasteiger partial charge in [-0.1, -0.05) is 18.2 Å². The lowest BCUT2D eigenvalue weighted by Gasteiger charge is -2.15. The van der Waals surface area contributed by atoms with Crippen molar-refractivity contribution in [2.45, 2.75) is 12.5 Å². The van der Waals surface area contributed by atoms with Crippen LogP contribution in [-0.2, 0) is 19.1 Å². The van der Waals surface area contributed by atoms with Gasteiger partial charge in [-0.2, -0.15) is 0 Å². The van der Waals surface area contributed by atoms with Crippen molar-refractivity contribution < 1.29 is 23.9 Å². The first-order valence-corrected chi connectivity index (χ1v) is 5.59. The fourth-order valence-electron chi connectivity index (χ4n) is 1.42. The van der Waals surface area contributed by atoms with Crippen LogP contribution in [0.15, 0.2) is 30.3 Å². The maximum absolute atomic E-state index is 11.9. The molecule has 1 aromatic carbocycles. The minimum atomic E-state index is -1.06. The second kappa shape index (κ2) is 7.15. The zero-order chi connectivity index (χ0) is 14.3. The van der Waals surface area contributed by atoms with Gasteiger partial charge in [0.15, 0.2) is 0 Å². The van der Waals surface area contributed by atoms with Gasteiger partial charge in [0.05, 0.1) is 20.6 Å². The second-order valence-electron chi connectivity index (χ2n) is 3.70. The van der Waals surface area contributed by atoms with Gasteiger partial charge in [-0.3, -0.25) is 9.59 Å². The van der Waals surface area contributed by atoms with Crippen LogP contribution in [0.1, 0.15) is 16.8 Å². The predicted molar refractivity (Wildman–Crippen MR) is 66.3 cm³/mol. The Kier molecular flexibility index (Phi) is 5.53. The lowest BCUT2D eigenvalue weighted by atomic mass is 10.1. The smallest absolute Gasteiger partial charge is 0.328 e. The summed E-state index contributed by atoms with van der Waals surface area (Å²) >= 11 is 0. The van der Waals surface area contributed by atoms with E-state index >= 15 is 0 Å². The third-order valence-electron chi connectivity index (χ3n) is 2.43. The molecule has 0 heterocycles. The SMILES string of the molecule is COC(=O)C[C@H](NC(=O)c1ccccc1)C(=O)OC. The number of benzene rings is 1. The molecule has 0 saturated carbocycles. The number of esters is 2. The van der Waals surface area contributed by atoms with E-state index in [1.807, 2.05) is 0 Å². The highest BCUT2D eigenvalue weighted by Gasteiger charge is 2.25. The molecular weight excluding hydrogens is 250 g/mol. The quantitative estimate of drug-likeness (QED) is 0.785. The van der Waals surface area contributed by atoms with Crippen molar-refractivity contribution in [2.75, 3.05) is 14.2 Å². The number of nitrogens with one attached hydrogen (secondary N) is 1. The number of amides is 1. The highest BCUT2D eigenvalue weighted by molar-refractivity contribution is 5.97. The van der Waals surface area contributed by atoms with E-state index in [-0.39, 0.29) is 6.42 Å². The van der Waals surface area contributed by atoms with E-state index in [0.717, 1.165) is 0 Å². The molecule has 19 heavy (non-hydrogen) atoms. The van der Waals surface area contributed by atoms with Crippen LogP contribution in [0, 0.1) is 0 Å². The summed E-state index contributed by atoms with van der Waals surface area (Å²) in [4.78, 5) is 34.5. The molecule has 0 unspecified atom stereocenters. The number of carbonyl (C=O) groups is 3. The first kappa shape index (κ1) is 14.7. The lowest BCUT2D eigenvalue weighted by molar-refractivity contribution is -0.149. The summed E-state index contributed by atoms with van der Waals surface area (Å²) in [6.07, 6.45) is -0.276. The summed E-state index contributed by atoms with van der Waals surface area (Å²) in [5.41, 5.74) is 0.390. The molecule has 6 nitrogen and oxygen atoms in total. The van der Waals surface area contributed by atoms with E-state index in [9.17, 15) is 14.4 Å². The molecule has 0 aliphatic heterocycles. The van der Waals surface area contributed by atoms with Gasteiger partial charge in [0.25, 0.3) is 5.91 Å². The van der Waals surface area contributed by atoms with Crippen LogP contribution in [0.5, 0.6) is 0 Å². The number of hydrogen-bond donors (Lipinski definition) is 1. The Morgan fingerprint density at radius 3 is 2.26 bits per heavy atom. The monoisotopic (exact) mass is 265 g/mol. The summed E-state index contributed by atoms with van der Waals surface area (Å²) in [5, 5.41) is 2.43. The summed E-state index contributed by atoms with van der Waals surface area (Å²) in [6, 6.07) is 7.29. The number of ether oxygens (including phenoxy) is 2. The first-order valence-electron chi connectivity index (χ1n) is 5.59. The molecule has 0 saturated heterocycles. The molecule has 0 fully saturated rings. The van der Waals surface area contributed by atoms with Gasteiger partial charge in [0, 0.05) is 5.56 Å². The highest BCUT2D eigenvalue weighted by Crippen LogP contribution is 2.02. The number of carbonyl (C=O) groups excluding carboxylic acids is 3. The highest BCUT2D eigenvalue weighted by atomic mass is 16.5. The zero-order valence-corrected chi connectivity index (χ0v) is 10.7. The topological polar surface area (TPSA) is 81.7 Å². The van der Waals surface area contributed by atoms with Crippen molar-refractivity contribution in [3.63, 3.8) is 0 Å². The molecule has 0 aromatic heterocycles. The minimum absolute atomic E-state index is 0.276. The molecule has 0 aliphatic carbocycles. The molecule has 0 radical (unpaired) electrons. The third kappa shape index (κ3) is 4.42. The minimum Gasteiger partial charge on any atom is -0.469 e. The van der Waals surface area contributed by atoms with Gasteiger partial charge in [0.1, 0.15) is 6.04 Å². The van der Waals surface area contributed by atoms with Crippen LogP contribution in [0.25, 0.3) is 0 Å². The Bertz CT molecular complexity index is 457. The van der Waals surface area contributed by atoms with Crippen molar-refractivity contribution in [3.8, 4) is 0 Å². The first-order chi connectivity index (χ1) is 9.08. The van der Waals surface area contributed by atoms with E-state index in [1.165, 1.54) is 14.2 Å². The van der Waals surface area contributed by atoms with E-state index in [4.69, 9.17) is 0 Å². The van der Waals surface area contributed by atoms with Gasteiger partial charge in [-0.15, -0.1) is 0 Å². The predicted octanol–water partition coefficient (Wildman–Crippen LogP) is 0.521. The van der Waals surface area contributed by atoms with Crippen molar-refractivity contribution in [3.05, 3.63) is 35.9 Å². The fraction of sp³-hybridized carbons (Fsp3) is 0.308. The summed E-state index contributed by atoms with van der Waals surface area (Å²) in [6.45, 7) is 0. The molecule has 1 atom stereocenters. The van der Waals surface area contributed by atoms with Crippen molar-refractivity contribution in [2.24, 2.45) is 0 Å². The van der Waals surface area contributed by atoms with Crippen molar-refractivity contribution in [1.29, 1.82) is 0 Å². The molecule has 1 aromatic rings. The Hall–Kier alpha value is -2.37. The standard InChI is InChI=1S/C13H15NO5/c1-18-11(15)8-10(13(17)19-2)14-12(16)9-6-4-3-5-7-9/h3-7,10H,8H2,1-2H3,(H,14,16)/t10-/m0/s1. The maximum Gasteiger partial charge on any atom is 0.328 e. The summed E-state index contributed by atoms with van der Waals surface area (Å²) in [7, 11) is 2.39. The molecular formula is C13H15NO5. The number of hydrogen-bond acceptors (Lipinski definition) is 5. The molecule has 0 bridgehead atoms. The lowest BCUT2D eigenvalue weighted by Crippen LogP contribution is -2.43. The number of rotatable bonds is 5. The Labute approximate surface area is 110 Å². The largest absolute Gasteiger partial charge is 0.469 e. The van der Waals surface area contributed by atoms with Crippen LogP contribution in [-0.4, -0.2) is 38.1 Å². The molecule has 1 rings (SSSR count). The molecule has 1 N–H and O–H groups in total. The van der Waals surface area contributed by atoms with Gasteiger partial charge < -0.3 is 14.8 Å². The number of methoxy groups -OCH3 is 2. The van der Waals surface area contributed by atoms with E-state index < -0.39 is 23.9 Å². The van der Waals surface area contributed by atoms with Gasteiger partial charge in [-0.05, 0) is 12.1 Å². The van der Waals surface area contributed by atoms with Crippen molar-refractivity contribution >= 4 is 17.8 Å². The van der Waals surface area contributed by atoms with Crippen LogP contribution in [0.4, 0.5) is 0 Å². The van der Waals surface area contributed by atoms with Gasteiger partial charge >= 0.3 is 11.9 Å². The second-order valence-corrected chi connectivity index (χ2v) is 3.70. The van der Waals surface area contributed by atoms with E-state index in [1.54, 1.807) is 30.3 Å². The van der Waals surface area contributed by atoms with Crippen LogP contribution in [0.2, 0.25) is 0 Å². The normalized spacial score (nSPS) is 11.3. The molecule has 6 heteroatoms. The fourth-order valence-corrected chi connectivity index (χ4v) is 1.42. The average molecular weight is 265 g/mol.